The number of carbonyl (C=O) groups excluding carboxylic acids is 1. The molecule has 0 aliphatic heterocycles. The number of thiophene rings is 1. The van der Waals surface area contributed by atoms with Gasteiger partial charge in [0.1, 0.15) is 11.5 Å². The standard InChI is InChI=1S/C19H17F3N2O3S/c20-19(21,22)27-17-8-2-1-5-14(17)11-23-18(25)24(12-15-6-3-9-26-15)13-16-7-4-10-28-16/h1-10H,11-13H2,(H,23,25). The lowest BCUT2D eigenvalue weighted by Gasteiger charge is -2.22. The van der Waals surface area contributed by atoms with Gasteiger partial charge in [-0.25, -0.2) is 4.79 Å². The van der Waals surface area contributed by atoms with Gasteiger partial charge >= 0.3 is 12.4 Å². The molecule has 2 aromatic heterocycles. The molecule has 1 aromatic carbocycles. The highest BCUT2D eigenvalue weighted by Crippen LogP contribution is 2.26. The van der Waals surface area contributed by atoms with E-state index in [4.69, 9.17) is 4.42 Å². The summed E-state index contributed by atoms with van der Waals surface area (Å²) in [6.45, 7) is 0.479. The third-order valence-corrected chi connectivity index (χ3v) is 4.63. The van der Waals surface area contributed by atoms with Crippen LogP contribution in [0.3, 0.4) is 0 Å². The van der Waals surface area contributed by atoms with Gasteiger partial charge in [-0.3, -0.25) is 0 Å². The number of amides is 2. The first-order valence-corrected chi connectivity index (χ1v) is 9.20. The smallest absolute Gasteiger partial charge is 0.467 e. The molecule has 0 spiro atoms. The van der Waals surface area contributed by atoms with Crippen molar-refractivity contribution in [3.8, 4) is 5.75 Å². The van der Waals surface area contributed by atoms with E-state index in [0.29, 0.717) is 12.3 Å². The number of hydrogen-bond donors (Lipinski definition) is 1. The van der Waals surface area contributed by atoms with Crippen LogP contribution in [-0.4, -0.2) is 17.3 Å². The van der Waals surface area contributed by atoms with Crippen LogP contribution in [0.2, 0.25) is 0 Å². The van der Waals surface area contributed by atoms with Crippen molar-refractivity contribution in [2.75, 3.05) is 0 Å². The lowest BCUT2D eigenvalue weighted by molar-refractivity contribution is -0.274. The average Bonchev–Trinajstić information content (AvgIpc) is 3.33. The van der Waals surface area contributed by atoms with E-state index in [1.807, 2.05) is 17.5 Å². The molecule has 0 fully saturated rings. The summed E-state index contributed by atoms with van der Waals surface area (Å²) >= 11 is 1.51. The molecular weight excluding hydrogens is 393 g/mol. The van der Waals surface area contributed by atoms with Gasteiger partial charge in [-0.15, -0.1) is 24.5 Å². The second kappa shape index (κ2) is 8.83. The van der Waals surface area contributed by atoms with Crippen molar-refractivity contribution in [1.29, 1.82) is 0 Å². The molecular formula is C19H17F3N2O3S. The fraction of sp³-hybridized carbons (Fsp3) is 0.211. The van der Waals surface area contributed by atoms with Crippen LogP contribution in [0.5, 0.6) is 5.75 Å². The molecule has 0 aliphatic rings. The van der Waals surface area contributed by atoms with Gasteiger partial charge in [0.25, 0.3) is 0 Å². The van der Waals surface area contributed by atoms with Gasteiger partial charge in [-0.2, -0.15) is 0 Å². The Morgan fingerprint density at radius 1 is 1.11 bits per heavy atom. The number of alkyl halides is 3. The molecule has 0 atom stereocenters. The zero-order valence-electron chi connectivity index (χ0n) is 14.6. The molecule has 2 heterocycles. The van der Waals surface area contributed by atoms with E-state index >= 15 is 0 Å². The second-order valence-corrected chi connectivity index (χ2v) is 6.86. The summed E-state index contributed by atoms with van der Waals surface area (Å²) in [4.78, 5) is 15.2. The van der Waals surface area contributed by atoms with Crippen LogP contribution in [0.1, 0.15) is 16.2 Å². The predicted molar refractivity (Wildman–Crippen MR) is 97.6 cm³/mol. The summed E-state index contributed by atoms with van der Waals surface area (Å²) in [7, 11) is 0. The third kappa shape index (κ3) is 5.78. The van der Waals surface area contributed by atoms with E-state index in [2.05, 4.69) is 10.1 Å². The maximum absolute atomic E-state index is 12.7. The van der Waals surface area contributed by atoms with Crippen LogP contribution in [0.4, 0.5) is 18.0 Å². The molecule has 1 N–H and O–H groups in total. The van der Waals surface area contributed by atoms with Gasteiger partial charge in [-0.1, -0.05) is 24.3 Å². The number of para-hydroxylation sites is 1. The van der Waals surface area contributed by atoms with Crippen molar-refractivity contribution < 1.29 is 27.1 Å². The molecule has 148 valence electrons. The van der Waals surface area contributed by atoms with Gasteiger partial charge in [0.2, 0.25) is 0 Å². The van der Waals surface area contributed by atoms with E-state index in [0.717, 1.165) is 4.88 Å². The summed E-state index contributed by atoms with van der Waals surface area (Å²) in [5.74, 6) is 0.263. The Morgan fingerprint density at radius 2 is 1.93 bits per heavy atom. The predicted octanol–water partition coefficient (Wildman–Crippen LogP) is 5.15. The SMILES string of the molecule is O=C(NCc1ccccc1OC(F)(F)F)N(Cc1ccco1)Cc1cccs1. The minimum atomic E-state index is -4.80. The zero-order valence-corrected chi connectivity index (χ0v) is 15.4. The Morgan fingerprint density at radius 3 is 2.61 bits per heavy atom. The van der Waals surface area contributed by atoms with Crippen LogP contribution in [0.25, 0.3) is 0 Å². The van der Waals surface area contributed by atoms with E-state index in [1.165, 1.54) is 40.7 Å². The molecule has 2 amide bonds. The Hall–Kier alpha value is -2.94. The molecule has 3 rings (SSSR count). The molecule has 0 saturated carbocycles. The minimum Gasteiger partial charge on any atom is -0.467 e. The third-order valence-electron chi connectivity index (χ3n) is 3.77. The van der Waals surface area contributed by atoms with Gasteiger partial charge in [-0.05, 0) is 29.6 Å². The summed E-state index contributed by atoms with van der Waals surface area (Å²) in [5.41, 5.74) is 0.224. The quantitative estimate of drug-likeness (QED) is 0.586. The van der Waals surface area contributed by atoms with Gasteiger partial charge < -0.3 is 19.4 Å². The number of ether oxygens (including phenoxy) is 1. The Balaban J connectivity index is 1.68. The van der Waals surface area contributed by atoms with E-state index in [-0.39, 0.29) is 24.4 Å². The molecule has 0 aliphatic carbocycles. The number of carbonyl (C=O) groups is 1. The van der Waals surface area contributed by atoms with E-state index in [1.54, 1.807) is 18.2 Å². The maximum atomic E-state index is 12.7. The van der Waals surface area contributed by atoms with Crippen LogP contribution in [0.15, 0.2) is 64.6 Å². The van der Waals surface area contributed by atoms with Crippen LogP contribution in [-0.2, 0) is 19.6 Å². The zero-order chi connectivity index (χ0) is 20.0. The number of hydrogen-bond acceptors (Lipinski definition) is 4. The van der Waals surface area contributed by atoms with Crippen LogP contribution < -0.4 is 10.1 Å². The molecule has 9 heteroatoms. The number of halogens is 3. The lowest BCUT2D eigenvalue weighted by Crippen LogP contribution is -2.38. The number of rotatable bonds is 7. The highest BCUT2D eigenvalue weighted by molar-refractivity contribution is 7.09. The molecule has 0 radical (unpaired) electrons. The number of benzene rings is 1. The van der Waals surface area contributed by atoms with Crippen molar-refractivity contribution in [3.05, 3.63) is 76.4 Å². The van der Waals surface area contributed by atoms with Gasteiger partial charge in [0.05, 0.1) is 19.4 Å². The second-order valence-electron chi connectivity index (χ2n) is 5.83. The summed E-state index contributed by atoms with van der Waals surface area (Å²) in [6.07, 6.45) is -3.29. The first-order chi connectivity index (χ1) is 13.4. The van der Waals surface area contributed by atoms with E-state index in [9.17, 15) is 18.0 Å². The molecule has 0 bridgehead atoms. The minimum absolute atomic E-state index is 0.107. The molecule has 5 nitrogen and oxygen atoms in total. The van der Waals surface area contributed by atoms with E-state index < -0.39 is 12.4 Å². The highest BCUT2D eigenvalue weighted by atomic mass is 32.1. The van der Waals surface area contributed by atoms with Crippen molar-refractivity contribution in [3.63, 3.8) is 0 Å². The number of urea groups is 1. The molecule has 0 unspecified atom stereocenters. The fourth-order valence-corrected chi connectivity index (χ4v) is 3.26. The van der Waals surface area contributed by atoms with Crippen molar-refractivity contribution in [1.82, 2.24) is 10.2 Å². The Bertz CT molecular complexity index is 844. The van der Waals surface area contributed by atoms with Gasteiger partial charge in [0, 0.05) is 17.0 Å². The van der Waals surface area contributed by atoms with Gasteiger partial charge in [0.15, 0.2) is 0 Å². The average molecular weight is 410 g/mol. The van der Waals surface area contributed by atoms with Crippen molar-refractivity contribution in [2.45, 2.75) is 26.0 Å². The molecule has 3 aromatic rings. The topological polar surface area (TPSA) is 54.7 Å². The number of nitrogens with zero attached hydrogens (tertiary/aromatic N) is 1. The fourth-order valence-electron chi connectivity index (χ4n) is 2.54. The summed E-state index contributed by atoms with van der Waals surface area (Å²) < 4.78 is 47.0. The van der Waals surface area contributed by atoms with Crippen molar-refractivity contribution in [2.24, 2.45) is 0 Å². The highest BCUT2D eigenvalue weighted by Gasteiger charge is 2.32. The number of furan rings is 1. The Kier molecular flexibility index (Phi) is 6.25. The first kappa shape index (κ1) is 19.8. The monoisotopic (exact) mass is 410 g/mol. The van der Waals surface area contributed by atoms with Crippen LogP contribution >= 0.6 is 11.3 Å². The molecule has 0 saturated heterocycles. The van der Waals surface area contributed by atoms with Crippen molar-refractivity contribution >= 4 is 17.4 Å². The van der Waals surface area contributed by atoms with Crippen LogP contribution in [0, 0.1) is 0 Å². The first-order valence-electron chi connectivity index (χ1n) is 8.32. The normalized spacial score (nSPS) is 11.2. The Labute approximate surface area is 163 Å². The maximum Gasteiger partial charge on any atom is 0.573 e. The lowest BCUT2D eigenvalue weighted by atomic mass is 10.2. The summed E-state index contributed by atoms with van der Waals surface area (Å²) in [6, 6.07) is 12.5. The largest absolute Gasteiger partial charge is 0.573 e. The number of nitrogens with one attached hydrogen (secondary N) is 1. The molecule has 28 heavy (non-hydrogen) atoms. The summed E-state index contributed by atoms with van der Waals surface area (Å²) in [5, 5.41) is 4.56.